The molecule has 2 saturated carbocycles. The van der Waals surface area contributed by atoms with E-state index in [2.05, 4.69) is 21.3 Å². The summed E-state index contributed by atoms with van der Waals surface area (Å²) in [6.45, 7) is 1.67. The van der Waals surface area contributed by atoms with Gasteiger partial charge in [0, 0.05) is 55.1 Å². The molecule has 6 rings (SSSR count). The van der Waals surface area contributed by atoms with Crippen molar-refractivity contribution in [1.82, 2.24) is 15.2 Å². The highest BCUT2D eigenvalue weighted by Crippen LogP contribution is 2.39. The van der Waals surface area contributed by atoms with E-state index in [0.717, 1.165) is 35.9 Å². The molecule has 226 valence electrons. The third-order valence-electron chi connectivity index (χ3n) is 8.72. The zero-order valence-electron chi connectivity index (χ0n) is 23.7. The maximum absolute atomic E-state index is 13.2. The van der Waals surface area contributed by atoms with Crippen molar-refractivity contribution in [2.45, 2.75) is 95.6 Å². The van der Waals surface area contributed by atoms with Gasteiger partial charge in [0.15, 0.2) is 0 Å². The summed E-state index contributed by atoms with van der Waals surface area (Å²) < 4.78 is 35.9. The van der Waals surface area contributed by atoms with Gasteiger partial charge in [-0.3, -0.25) is 24.7 Å². The summed E-state index contributed by atoms with van der Waals surface area (Å²) >= 11 is 0. The molecule has 2 aromatic rings. The first kappa shape index (κ1) is 30.0. The third-order valence-corrected chi connectivity index (χ3v) is 8.72. The lowest BCUT2D eigenvalue weighted by Gasteiger charge is -2.37. The van der Waals surface area contributed by atoms with Crippen LogP contribution in [0.1, 0.15) is 91.4 Å². The summed E-state index contributed by atoms with van der Waals surface area (Å²) in [6.07, 6.45) is 7.42. The van der Waals surface area contributed by atoms with Crippen LogP contribution >= 0.6 is 0 Å². The average molecular weight is 586 g/mol. The summed E-state index contributed by atoms with van der Waals surface area (Å²) in [5.74, 6) is 0.207. The Kier molecular flexibility index (Phi) is 9.15. The number of benzene rings is 1. The number of nitrogens with zero attached hydrogens (tertiary/aromatic N) is 3. The maximum Gasteiger partial charge on any atom is 0.417 e. The molecule has 1 aromatic carbocycles. The number of pyridine rings is 1. The van der Waals surface area contributed by atoms with Gasteiger partial charge in [0.1, 0.15) is 6.04 Å². The number of nitrogens with one attached hydrogen (secondary N) is 1. The smallest absolute Gasteiger partial charge is 0.368 e. The minimum absolute atomic E-state index is 0.0767. The predicted octanol–water partition coefficient (Wildman–Crippen LogP) is 4.95. The van der Waals surface area contributed by atoms with Crippen molar-refractivity contribution in [3.63, 3.8) is 0 Å². The Balaban J connectivity index is 0.000000248. The van der Waals surface area contributed by atoms with Crippen LogP contribution in [0.4, 0.5) is 18.9 Å². The van der Waals surface area contributed by atoms with Crippen LogP contribution in [0.25, 0.3) is 0 Å². The molecule has 3 N–H and O–H groups in total. The van der Waals surface area contributed by atoms with Gasteiger partial charge in [-0.05, 0) is 55.9 Å². The van der Waals surface area contributed by atoms with Crippen molar-refractivity contribution in [3.05, 3.63) is 58.9 Å². The third kappa shape index (κ3) is 6.94. The number of fused-ring (bicyclic) bond motifs is 1. The number of rotatable bonds is 7. The Labute approximate surface area is 243 Å². The van der Waals surface area contributed by atoms with Crippen LogP contribution < -0.4 is 16.0 Å². The standard InChI is InChI=1S/C24H31N3O3.C7H7F3N2/c28-22-12-11-21(23(29)25-22)27-15-19-18(24(27)30)7-4-8-20(19)26(14-13-16-9-10-16)17-5-2-1-3-6-17;8-7(9,10)5-1-2-6(3-11)12-4-5/h4,7-8,16-17,21H,1-3,5-6,9-15H2,(H,25,28,29);1-2,4H,3,11H2. The summed E-state index contributed by atoms with van der Waals surface area (Å²) in [5.41, 5.74) is 7.84. The molecule has 1 aromatic heterocycles. The molecule has 1 unspecified atom stereocenters. The van der Waals surface area contributed by atoms with Crippen LogP contribution in [0.15, 0.2) is 36.5 Å². The van der Waals surface area contributed by atoms with Gasteiger partial charge < -0.3 is 15.5 Å². The van der Waals surface area contributed by atoms with Gasteiger partial charge in [0.25, 0.3) is 5.91 Å². The predicted molar refractivity (Wildman–Crippen MR) is 151 cm³/mol. The number of halogens is 3. The van der Waals surface area contributed by atoms with Gasteiger partial charge in [0.2, 0.25) is 11.8 Å². The van der Waals surface area contributed by atoms with Crippen LogP contribution in [0.5, 0.6) is 0 Å². The average Bonchev–Trinajstić information content (AvgIpc) is 3.75. The van der Waals surface area contributed by atoms with E-state index in [1.807, 2.05) is 12.1 Å². The van der Waals surface area contributed by atoms with E-state index < -0.39 is 17.8 Å². The first-order chi connectivity index (χ1) is 20.2. The largest absolute Gasteiger partial charge is 0.417 e. The highest BCUT2D eigenvalue weighted by Gasteiger charge is 2.41. The number of alkyl halides is 3. The molecular weight excluding hydrogens is 547 g/mol. The summed E-state index contributed by atoms with van der Waals surface area (Å²) in [5, 5.41) is 2.40. The quantitative estimate of drug-likeness (QED) is 0.446. The molecular formula is C31H38F3N5O3. The molecule has 3 fully saturated rings. The second kappa shape index (κ2) is 12.8. The Bertz CT molecular complexity index is 1290. The molecule has 0 radical (unpaired) electrons. The molecule has 0 bridgehead atoms. The number of anilines is 1. The Morgan fingerprint density at radius 1 is 1.00 bits per heavy atom. The minimum Gasteiger partial charge on any atom is -0.368 e. The topological polar surface area (TPSA) is 109 Å². The van der Waals surface area contributed by atoms with E-state index in [1.165, 1.54) is 63.1 Å². The fourth-order valence-electron chi connectivity index (χ4n) is 6.17. The second-order valence-corrected chi connectivity index (χ2v) is 11.7. The van der Waals surface area contributed by atoms with Gasteiger partial charge in [-0.1, -0.05) is 38.2 Å². The molecule has 2 aliphatic carbocycles. The first-order valence-corrected chi connectivity index (χ1v) is 14.9. The number of aromatic nitrogens is 1. The molecule has 0 spiro atoms. The van der Waals surface area contributed by atoms with Crippen molar-refractivity contribution in [2.24, 2.45) is 11.7 Å². The van der Waals surface area contributed by atoms with E-state index in [4.69, 9.17) is 5.73 Å². The van der Waals surface area contributed by atoms with Crippen molar-refractivity contribution in [1.29, 1.82) is 0 Å². The molecule has 8 nitrogen and oxygen atoms in total. The van der Waals surface area contributed by atoms with Crippen LogP contribution in [0, 0.1) is 5.92 Å². The monoisotopic (exact) mass is 585 g/mol. The SMILES string of the molecule is NCc1ccc(C(F)(F)F)cn1.O=C1CCC(N2Cc3c(cccc3N(CCC3CC3)C3CCCCC3)C2=O)C(=O)N1. The van der Waals surface area contributed by atoms with Crippen LogP contribution in [0.2, 0.25) is 0 Å². The van der Waals surface area contributed by atoms with E-state index in [-0.39, 0.29) is 24.3 Å². The Morgan fingerprint density at radius 2 is 1.76 bits per heavy atom. The molecule has 4 aliphatic rings. The molecule has 3 amide bonds. The molecule has 1 atom stereocenters. The van der Waals surface area contributed by atoms with Gasteiger partial charge in [-0.2, -0.15) is 13.2 Å². The van der Waals surface area contributed by atoms with E-state index in [9.17, 15) is 27.6 Å². The van der Waals surface area contributed by atoms with Crippen molar-refractivity contribution in [2.75, 3.05) is 11.4 Å². The number of carbonyl (C=O) groups excluding carboxylic acids is 3. The number of hydrogen-bond acceptors (Lipinski definition) is 6. The number of nitrogens with two attached hydrogens (primary N) is 1. The molecule has 2 aliphatic heterocycles. The van der Waals surface area contributed by atoms with Gasteiger partial charge in [-0.15, -0.1) is 0 Å². The number of carbonyl (C=O) groups is 3. The van der Waals surface area contributed by atoms with E-state index in [1.54, 1.807) is 4.90 Å². The van der Waals surface area contributed by atoms with Crippen LogP contribution in [-0.4, -0.2) is 46.2 Å². The fraction of sp³-hybridized carbons (Fsp3) is 0.548. The lowest BCUT2D eigenvalue weighted by atomic mass is 9.92. The first-order valence-electron chi connectivity index (χ1n) is 14.9. The number of hydrogen-bond donors (Lipinski definition) is 2. The Hall–Kier alpha value is -3.47. The highest BCUT2D eigenvalue weighted by molar-refractivity contribution is 6.06. The van der Waals surface area contributed by atoms with E-state index >= 15 is 0 Å². The van der Waals surface area contributed by atoms with Crippen molar-refractivity contribution in [3.8, 4) is 0 Å². The molecule has 3 heterocycles. The molecule has 42 heavy (non-hydrogen) atoms. The maximum atomic E-state index is 13.2. The highest BCUT2D eigenvalue weighted by atomic mass is 19.4. The van der Waals surface area contributed by atoms with Crippen molar-refractivity contribution < 1.29 is 27.6 Å². The summed E-state index contributed by atoms with van der Waals surface area (Å²) in [7, 11) is 0. The number of imide groups is 1. The molecule has 1 saturated heterocycles. The van der Waals surface area contributed by atoms with Gasteiger partial charge >= 0.3 is 6.18 Å². The minimum atomic E-state index is -4.32. The van der Waals surface area contributed by atoms with Crippen molar-refractivity contribution >= 4 is 23.4 Å². The number of amides is 3. The fourth-order valence-corrected chi connectivity index (χ4v) is 6.17. The summed E-state index contributed by atoms with van der Waals surface area (Å²) in [6, 6.07) is 8.29. The lowest BCUT2D eigenvalue weighted by Crippen LogP contribution is -2.52. The Morgan fingerprint density at radius 3 is 2.38 bits per heavy atom. The summed E-state index contributed by atoms with van der Waals surface area (Å²) in [4.78, 5) is 44.9. The number of piperidine rings is 1. The van der Waals surface area contributed by atoms with E-state index in [0.29, 0.717) is 31.1 Å². The lowest BCUT2D eigenvalue weighted by molar-refractivity contribution is -0.138. The second-order valence-electron chi connectivity index (χ2n) is 11.7. The molecule has 11 heteroatoms. The zero-order chi connectivity index (χ0) is 29.9. The van der Waals surface area contributed by atoms with Crippen LogP contribution in [0.3, 0.4) is 0 Å². The van der Waals surface area contributed by atoms with Gasteiger partial charge in [-0.25, -0.2) is 0 Å². The zero-order valence-corrected chi connectivity index (χ0v) is 23.7. The normalized spacial score (nSPS) is 21.0. The van der Waals surface area contributed by atoms with Gasteiger partial charge in [0.05, 0.1) is 11.3 Å². The van der Waals surface area contributed by atoms with Crippen LogP contribution in [-0.2, 0) is 28.9 Å².